The van der Waals surface area contributed by atoms with E-state index in [0.717, 1.165) is 24.6 Å². The lowest BCUT2D eigenvalue weighted by Gasteiger charge is -2.18. The van der Waals surface area contributed by atoms with Crippen LogP contribution in [0.25, 0.3) is 0 Å². The highest BCUT2D eigenvalue weighted by molar-refractivity contribution is 5.49. The molecule has 23 heavy (non-hydrogen) atoms. The third-order valence-electron chi connectivity index (χ3n) is 3.88. The maximum Gasteiger partial charge on any atom is 0.129 e. The van der Waals surface area contributed by atoms with Gasteiger partial charge in [-0.3, -0.25) is 0 Å². The fourth-order valence-electron chi connectivity index (χ4n) is 2.66. The first kappa shape index (κ1) is 15.9. The second-order valence-corrected chi connectivity index (χ2v) is 5.75. The minimum Gasteiger partial charge on any atom is -0.491 e. The summed E-state index contributed by atoms with van der Waals surface area (Å²) in [5, 5.41) is 9.88. The van der Waals surface area contributed by atoms with Gasteiger partial charge in [-0.2, -0.15) is 0 Å². The standard InChI is InChI=1S/C18H23NO4/c20-16(12-21-14-18-4-3-11-22-18)13-23-17-7-5-15(6-8-17)19-9-1-2-10-19/h3-8,11,16,20H,1-2,9-10,12-14H2. The molecule has 1 N–H and O–H groups in total. The van der Waals surface area contributed by atoms with Crippen molar-refractivity contribution in [2.75, 3.05) is 31.2 Å². The number of anilines is 1. The van der Waals surface area contributed by atoms with E-state index >= 15 is 0 Å². The number of furan rings is 1. The highest BCUT2D eigenvalue weighted by Crippen LogP contribution is 2.23. The van der Waals surface area contributed by atoms with Gasteiger partial charge in [0.15, 0.2) is 0 Å². The Bertz CT molecular complexity index is 561. The highest BCUT2D eigenvalue weighted by atomic mass is 16.5. The van der Waals surface area contributed by atoms with Crippen LogP contribution in [0.2, 0.25) is 0 Å². The molecule has 1 aromatic heterocycles. The maximum absolute atomic E-state index is 9.88. The molecule has 0 spiro atoms. The van der Waals surface area contributed by atoms with Crippen LogP contribution in [0, 0.1) is 0 Å². The average molecular weight is 317 g/mol. The number of aliphatic hydroxyl groups is 1. The molecular formula is C18H23NO4. The van der Waals surface area contributed by atoms with Crippen molar-refractivity contribution < 1.29 is 19.0 Å². The van der Waals surface area contributed by atoms with Crippen LogP contribution >= 0.6 is 0 Å². The Kier molecular flexibility index (Phi) is 5.56. The average Bonchev–Trinajstić information content (AvgIpc) is 3.27. The summed E-state index contributed by atoms with van der Waals surface area (Å²) in [5.74, 6) is 1.51. The first-order valence-corrected chi connectivity index (χ1v) is 8.07. The molecule has 1 fully saturated rings. The van der Waals surface area contributed by atoms with E-state index in [1.807, 2.05) is 24.3 Å². The van der Waals surface area contributed by atoms with Gasteiger partial charge in [-0.25, -0.2) is 0 Å². The van der Waals surface area contributed by atoms with Gasteiger partial charge in [-0.05, 0) is 49.2 Å². The van der Waals surface area contributed by atoms with E-state index in [1.54, 1.807) is 6.26 Å². The first-order chi connectivity index (χ1) is 11.3. The van der Waals surface area contributed by atoms with E-state index in [4.69, 9.17) is 13.9 Å². The predicted octanol–water partition coefficient (Wildman–Crippen LogP) is 2.84. The summed E-state index contributed by atoms with van der Waals surface area (Å²) in [6, 6.07) is 11.7. The van der Waals surface area contributed by atoms with Gasteiger partial charge in [0.05, 0.1) is 12.9 Å². The SMILES string of the molecule is OC(COCc1ccco1)COc1ccc(N2CCCC2)cc1. The Morgan fingerprint density at radius 3 is 2.57 bits per heavy atom. The molecule has 1 unspecified atom stereocenters. The summed E-state index contributed by atoms with van der Waals surface area (Å²) in [4.78, 5) is 2.38. The lowest BCUT2D eigenvalue weighted by atomic mass is 10.3. The van der Waals surface area contributed by atoms with E-state index in [9.17, 15) is 5.11 Å². The monoisotopic (exact) mass is 317 g/mol. The van der Waals surface area contributed by atoms with Gasteiger partial charge in [0.25, 0.3) is 0 Å². The summed E-state index contributed by atoms with van der Waals surface area (Å²) in [6.07, 6.45) is 3.47. The molecule has 0 saturated carbocycles. The number of ether oxygens (including phenoxy) is 2. The van der Waals surface area contributed by atoms with Gasteiger partial charge < -0.3 is 23.9 Å². The van der Waals surface area contributed by atoms with Crippen LogP contribution in [-0.2, 0) is 11.3 Å². The molecule has 0 amide bonds. The molecule has 1 aromatic carbocycles. The van der Waals surface area contributed by atoms with Crippen LogP contribution in [0.1, 0.15) is 18.6 Å². The predicted molar refractivity (Wildman–Crippen MR) is 87.8 cm³/mol. The second-order valence-electron chi connectivity index (χ2n) is 5.75. The van der Waals surface area contributed by atoms with Crippen molar-refractivity contribution >= 4 is 5.69 Å². The Hall–Kier alpha value is -1.98. The Labute approximate surface area is 136 Å². The number of hydrogen-bond donors (Lipinski definition) is 1. The normalized spacial score (nSPS) is 15.8. The van der Waals surface area contributed by atoms with Crippen molar-refractivity contribution in [3.05, 3.63) is 48.4 Å². The Morgan fingerprint density at radius 1 is 1.09 bits per heavy atom. The van der Waals surface area contributed by atoms with Crippen molar-refractivity contribution in [3.8, 4) is 5.75 Å². The number of hydrogen-bond acceptors (Lipinski definition) is 5. The zero-order valence-corrected chi connectivity index (χ0v) is 13.2. The van der Waals surface area contributed by atoms with Gasteiger partial charge in [0.2, 0.25) is 0 Å². The van der Waals surface area contributed by atoms with Gasteiger partial charge >= 0.3 is 0 Å². The van der Waals surface area contributed by atoms with E-state index in [0.29, 0.717) is 6.61 Å². The summed E-state index contributed by atoms with van der Waals surface area (Å²) in [6.45, 7) is 3.04. The number of nitrogens with zero attached hydrogens (tertiary/aromatic N) is 1. The lowest BCUT2D eigenvalue weighted by molar-refractivity contribution is 0.000881. The lowest BCUT2D eigenvalue weighted by Crippen LogP contribution is -2.23. The van der Waals surface area contributed by atoms with E-state index in [1.165, 1.54) is 18.5 Å². The molecule has 5 nitrogen and oxygen atoms in total. The first-order valence-electron chi connectivity index (χ1n) is 8.07. The number of aliphatic hydroxyl groups excluding tert-OH is 1. The van der Waals surface area contributed by atoms with Crippen LogP contribution in [0.4, 0.5) is 5.69 Å². The molecule has 0 radical (unpaired) electrons. The van der Waals surface area contributed by atoms with Crippen molar-refractivity contribution in [1.82, 2.24) is 0 Å². The molecule has 1 saturated heterocycles. The maximum atomic E-state index is 9.88. The smallest absolute Gasteiger partial charge is 0.129 e. The zero-order chi connectivity index (χ0) is 15.9. The van der Waals surface area contributed by atoms with Gasteiger partial charge in [-0.15, -0.1) is 0 Å². The van der Waals surface area contributed by atoms with Crippen LogP contribution in [0.15, 0.2) is 47.1 Å². The molecule has 2 aromatic rings. The molecule has 2 heterocycles. The molecule has 124 valence electrons. The van der Waals surface area contributed by atoms with E-state index < -0.39 is 6.10 Å². The fraction of sp³-hybridized carbons (Fsp3) is 0.444. The molecule has 0 aliphatic carbocycles. The van der Waals surface area contributed by atoms with Crippen LogP contribution in [-0.4, -0.2) is 37.5 Å². The fourth-order valence-corrected chi connectivity index (χ4v) is 2.66. The third kappa shape index (κ3) is 4.74. The number of benzene rings is 1. The molecule has 3 rings (SSSR count). The van der Waals surface area contributed by atoms with E-state index in [-0.39, 0.29) is 13.2 Å². The minimum absolute atomic E-state index is 0.210. The molecule has 1 aliphatic rings. The summed E-state index contributed by atoms with van der Waals surface area (Å²) >= 11 is 0. The molecule has 0 bridgehead atoms. The molecule has 1 atom stereocenters. The van der Waals surface area contributed by atoms with Crippen molar-refractivity contribution in [2.24, 2.45) is 0 Å². The summed E-state index contributed by atoms with van der Waals surface area (Å²) < 4.78 is 16.1. The third-order valence-corrected chi connectivity index (χ3v) is 3.88. The van der Waals surface area contributed by atoms with Gasteiger partial charge in [0, 0.05) is 18.8 Å². The van der Waals surface area contributed by atoms with Crippen molar-refractivity contribution in [3.63, 3.8) is 0 Å². The minimum atomic E-state index is -0.664. The largest absolute Gasteiger partial charge is 0.491 e. The quantitative estimate of drug-likeness (QED) is 0.811. The molecular weight excluding hydrogens is 294 g/mol. The van der Waals surface area contributed by atoms with Gasteiger partial charge in [0.1, 0.15) is 30.8 Å². The number of rotatable bonds is 8. The van der Waals surface area contributed by atoms with Crippen LogP contribution in [0.5, 0.6) is 5.75 Å². The topological polar surface area (TPSA) is 55.1 Å². The Balaban J connectivity index is 1.37. The molecule has 1 aliphatic heterocycles. The van der Waals surface area contributed by atoms with Gasteiger partial charge in [-0.1, -0.05) is 0 Å². The summed E-state index contributed by atoms with van der Waals surface area (Å²) in [5.41, 5.74) is 1.23. The second kappa shape index (κ2) is 8.04. The highest BCUT2D eigenvalue weighted by Gasteiger charge is 2.12. The van der Waals surface area contributed by atoms with E-state index in [2.05, 4.69) is 17.0 Å². The molecule has 5 heteroatoms. The summed E-state index contributed by atoms with van der Waals surface area (Å²) in [7, 11) is 0. The van der Waals surface area contributed by atoms with Crippen LogP contribution < -0.4 is 9.64 Å². The van der Waals surface area contributed by atoms with Crippen molar-refractivity contribution in [1.29, 1.82) is 0 Å². The zero-order valence-electron chi connectivity index (χ0n) is 13.2. The van der Waals surface area contributed by atoms with Crippen molar-refractivity contribution in [2.45, 2.75) is 25.6 Å². The van der Waals surface area contributed by atoms with Crippen LogP contribution in [0.3, 0.4) is 0 Å². The Morgan fingerprint density at radius 2 is 1.87 bits per heavy atom.